The lowest BCUT2D eigenvalue weighted by Gasteiger charge is -2.09. The number of hydrazine groups is 1. The van der Waals surface area contributed by atoms with E-state index in [0.717, 1.165) is 15.8 Å². The molecule has 0 bridgehead atoms. The highest BCUT2D eigenvalue weighted by Crippen LogP contribution is 2.22. The van der Waals surface area contributed by atoms with Crippen LogP contribution in [0.5, 0.6) is 5.75 Å². The second-order valence-electron chi connectivity index (χ2n) is 4.22. The molecule has 0 spiro atoms. The largest absolute Gasteiger partial charge is 0.507 e. The molecular formula is C14H13BrN2O3S. The van der Waals surface area contributed by atoms with Crippen molar-refractivity contribution >= 4 is 39.1 Å². The maximum Gasteiger partial charge on any atom is 0.279 e. The van der Waals surface area contributed by atoms with Crippen LogP contribution in [0.2, 0.25) is 0 Å². The third kappa shape index (κ3) is 3.83. The summed E-state index contributed by atoms with van der Waals surface area (Å²) in [6, 6.07) is 8.20. The van der Waals surface area contributed by atoms with Crippen LogP contribution in [0.25, 0.3) is 0 Å². The van der Waals surface area contributed by atoms with Crippen LogP contribution >= 0.6 is 27.3 Å². The standard InChI is InChI=1S/C14H13BrN2O3S/c1-2-8-3-4-10(18)9(7-8)13(19)16-17-14(20)11-5-6-12(15)21-11/h3-7,18H,2H2,1H3,(H,16,19)(H,17,20). The van der Waals surface area contributed by atoms with Gasteiger partial charge in [0.15, 0.2) is 0 Å². The fourth-order valence-electron chi connectivity index (χ4n) is 1.66. The summed E-state index contributed by atoms with van der Waals surface area (Å²) in [5.74, 6) is -1.10. The number of amides is 2. The molecule has 0 radical (unpaired) electrons. The van der Waals surface area contributed by atoms with Crippen LogP contribution in [0.3, 0.4) is 0 Å². The molecule has 21 heavy (non-hydrogen) atoms. The number of rotatable bonds is 3. The average molecular weight is 369 g/mol. The Kier molecular flexibility index (Phi) is 4.98. The SMILES string of the molecule is CCc1ccc(O)c(C(=O)NNC(=O)c2ccc(Br)s2)c1. The molecular weight excluding hydrogens is 356 g/mol. The van der Waals surface area contributed by atoms with Crippen LogP contribution < -0.4 is 10.9 Å². The van der Waals surface area contributed by atoms with Crippen molar-refractivity contribution < 1.29 is 14.7 Å². The first-order valence-electron chi connectivity index (χ1n) is 6.19. The lowest BCUT2D eigenvalue weighted by molar-refractivity contribution is 0.0847. The van der Waals surface area contributed by atoms with Crippen LogP contribution in [0.1, 0.15) is 32.5 Å². The third-order valence-corrected chi connectivity index (χ3v) is 4.42. The van der Waals surface area contributed by atoms with E-state index in [1.165, 1.54) is 17.4 Å². The summed E-state index contributed by atoms with van der Waals surface area (Å²) in [5, 5.41) is 9.71. The maximum atomic E-state index is 12.0. The van der Waals surface area contributed by atoms with E-state index < -0.39 is 11.8 Å². The molecule has 7 heteroatoms. The molecule has 0 saturated carbocycles. The number of hydrogen-bond acceptors (Lipinski definition) is 4. The number of phenolic OH excluding ortho intramolecular Hbond substituents is 1. The first-order valence-corrected chi connectivity index (χ1v) is 7.80. The second-order valence-corrected chi connectivity index (χ2v) is 6.68. The van der Waals surface area contributed by atoms with Gasteiger partial charge in [0.25, 0.3) is 11.8 Å². The molecule has 0 aliphatic rings. The van der Waals surface area contributed by atoms with Gasteiger partial charge in [0.2, 0.25) is 0 Å². The van der Waals surface area contributed by atoms with E-state index in [4.69, 9.17) is 0 Å². The molecule has 0 unspecified atom stereocenters. The number of carbonyl (C=O) groups is 2. The minimum absolute atomic E-state index is 0.127. The Labute approximate surface area is 134 Å². The molecule has 110 valence electrons. The van der Waals surface area contributed by atoms with Crippen molar-refractivity contribution in [1.29, 1.82) is 0 Å². The van der Waals surface area contributed by atoms with Gasteiger partial charge in [0.1, 0.15) is 5.75 Å². The Morgan fingerprint density at radius 3 is 2.52 bits per heavy atom. The highest BCUT2D eigenvalue weighted by atomic mass is 79.9. The van der Waals surface area contributed by atoms with Crippen molar-refractivity contribution in [3.63, 3.8) is 0 Å². The maximum absolute atomic E-state index is 12.0. The zero-order valence-electron chi connectivity index (χ0n) is 11.1. The van der Waals surface area contributed by atoms with Crippen LogP contribution in [-0.4, -0.2) is 16.9 Å². The fraction of sp³-hybridized carbons (Fsp3) is 0.143. The van der Waals surface area contributed by atoms with E-state index in [1.807, 2.05) is 6.92 Å². The molecule has 3 N–H and O–H groups in total. The smallest absolute Gasteiger partial charge is 0.279 e. The summed E-state index contributed by atoms with van der Waals surface area (Å²) in [6.07, 6.45) is 0.746. The minimum atomic E-state index is -0.563. The van der Waals surface area contributed by atoms with Gasteiger partial charge in [-0.3, -0.25) is 20.4 Å². The number of carbonyl (C=O) groups excluding carboxylic acids is 2. The van der Waals surface area contributed by atoms with Crippen LogP contribution in [0.15, 0.2) is 34.1 Å². The summed E-state index contributed by atoms with van der Waals surface area (Å²) in [4.78, 5) is 24.3. The molecule has 1 aromatic carbocycles. The molecule has 2 amide bonds. The summed E-state index contributed by atoms with van der Waals surface area (Å²) in [7, 11) is 0. The zero-order chi connectivity index (χ0) is 15.4. The Hall–Kier alpha value is -1.86. The van der Waals surface area contributed by atoms with Crippen molar-refractivity contribution in [2.45, 2.75) is 13.3 Å². The van der Waals surface area contributed by atoms with Gasteiger partial charge in [-0.2, -0.15) is 0 Å². The zero-order valence-corrected chi connectivity index (χ0v) is 13.5. The number of hydrogen-bond donors (Lipinski definition) is 3. The Morgan fingerprint density at radius 2 is 1.90 bits per heavy atom. The minimum Gasteiger partial charge on any atom is -0.507 e. The number of nitrogens with one attached hydrogen (secondary N) is 2. The normalized spacial score (nSPS) is 10.2. The van der Waals surface area contributed by atoms with Gasteiger partial charge in [0.05, 0.1) is 14.2 Å². The van der Waals surface area contributed by atoms with Crippen molar-refractivity contribution in [2.24, 2.45) is 0 Å². The molecule has 1 aromatic heterocycles. The molecule has 0 aliphatic heterocycles. The van der Waals surface area contributed by atoms with E-state index in [-0.39, 0.29) is 11.3 Å². The molecule has 2 aromatic rings. The Bertz CT molecular complexity index is 685. The summed E-state index contributed by atoms with van der Waals surface area (Å²) in [5.41, 5.74) is 5.66. The lowest BCUT2D eigenvalue weighted by atomic mass is 10.1. The van der Waals surface area contributed by atoms with Crippen LogP contribution in [0.4, 0.5) is 0 Å². The number of aryl methyl sites for hydroxylation is 1. The highest BCUT2D eigenvalue weighted by molar-refractivity contribution is 9.11. The Morgan fingerprint density at radius 1 is 1.19 bits per heavy atom. The topological polar surface area (TPSA) is 78.4 Å². The first kappa shape index (κ1) is 15.5. The Balaban J connectivity index is 2.03. The van der Waals surface area contributed by atoms with Crippen LogP contribution in [-0.2, 0) is 6.42 Å². The number of thiophene rings is 1. The van der Waals surface area contributed by atoms with Gasteiger partial charge in [-0.05, 0) is 52.2 Å². The van der Waals surface area contributed by atoms with E-state index in [2.05, 4.69) is 26.8 Å². The number of halogens is 1. The third-order valence-electron chi connectivity index (χ3n) is 2.80. The van der Waals surface area contributed by atoms with Gasteiger partial charge < -0.3 is 5.11 Å². The average Bonchev–Trinajstić information content (AvgIpc) is 2.91. The van der Waals surface area contributed by atoms with Gasteiger partial charge in [-0.15, -0.1) is 11.3 Å². The second kappa shape index (κ2) is 6.73. The van der Waals surface area contributed by atoms with E-state index in [1.54, 1.807) is 24.3 Å². The van der Waals surface area contributed by atoms with Gasteiger partial charge >= 0.3 is 0 Å². The van der Waals surface area contributed by atoms with Crippen molar-refractivity contribution in [1.82, 2.24) is 10.9 Å². The van der Waals surface area contributed by atoms with Gasteiger partial charge in [-0.1, -0.05) is 13.0 Å². The molecule has 1 heterocycles. The predicted molar refractivity (Wildman–Crippen MR) is 84.4 cm³/mol. The van der Waals surface area contributed by atoms with Gasteiger partial charge in [-0.25, -0.2) is 0 Å². The molecule has 2 rings (SSSR count). The van der Waals surface area contributed by atoms with Crippen molar-refractivity contribution in [2.75, 3.05) is 0 Å². The molecule has 5 nitrogen and oxygen atoms in total. The fourth-order valence-corrected chi connectivity index (χ4v) is 2.95. The van der Waals surface area contributed by atoms with Gasteiger partial charge in [0, 0.05) is 0 Å². The molecule has 0 saturated heterocycles. The van der Waals surface area contributed by atoms with Crippen molar-refractivity contribution in [3.8, 4) is 5.75 Å². The molecule has 0 atom stereocenters. The predicted octanol–water partition coefficient (Wildman–Crippen LogP) is 2.85. The molecule has 0 aliphatic carbocycles. The number of benzene rings is 1. The number of phenols is 1. The van der Waals surface area contributed by atoms with Crippen LogP contribution in [0, 0.1) is 0 Å². The quantitative estimate of drug-likeness (QED) is 0.728. The number of aromatic hydroxyl groups is 1. The lowest BCUT2D eigenvalue weighted by Crippen LogP contribution is -2.41. The van der Waals surface area contributed by atoms with Crippen molar-refractivity contribution in [3.05, 3.63) is 50.1 Å². The van der Waals surface area contributed by atoms with E-state index in [9.17, 15) is 14.7 Å². The molecule has 0 fully saturated rings. The highest BCUT2D eigenvalue weighted by Gasteiger charge is 2.14. The van der Waals surface area contributed by atoms with E-state index in [0.29, 0.717) is 4.88 Å². The monoisotopic (exact) mass is 368 g/mol. The summed E-state index contributed by atoms with van der Waals surface area (Å²) >= 11 is 4.52. The first-order chi connectivity index (χ1) is 10.0. The summed E-state index contributed by atoms with van der Waals surface area (Å²) in [6.45, 7) is 1.95. The summed E-state index contributed by atoms with van der Waals surface area (Å²) < 4.78 is 0.826. The van der Waals surface area contributed by atoms with E-state index >= 15 is 0 Å².